The third-order valence-corrected chi connectivity index (χ3v) is 7.92. The van der Waals surface area contributed by atoms with Crippen molar-refractivity contribution in [1.82, 2.24) is 0 Å². The number of aliphatic hydroxyl groups excluding tert-OH is 1. The first kappa shape index (κ1) is 29.5. The van der Waals surface area contributed by atoms with E-state index in [1.165, 1.54) is 0 Å². The number of hydrogen-bond acceptors (Lipinski definition) is 7. The van der Waals surface area contributed by atoms with E-state index in [2.05, 4.69) is 136 Å². The molecule has 2 rings (SSSR count). The lowest BCUT2D eigenvalue weighted by atomic mass is 10.3. The highest BCUT2D eigenvalue weighted by atomic mass is 127. The fourth-order valence-corrected chi connectivity index (χ4v) is 9.89. The van der Waals surface area contributed by atoms with E-state index in [0.29, 0.717) is 11.5 Å². The number of carbonyl (C=O) groups excluding carboxylic acids is 2. The average Bonchev–Trinajstić information content (AvgIpc) is 2.69. The summed E-state index contributed by atoms with van der Waals surface area (Å²) in [5.41, 5.74) is 0. The second-order valence-electron chi connectivity index (χ2n) is 5.99. The van der Waals surface area contributed by atoms with Crippen LogP contribution in [-0.4, -0.2) is 49.6 Å². The molecule has 0 heterocycles. The van der Waals surface area contributed by atoms with Crippen molar-refractivity contribution < 1.29 is 33.6 Å². The minimum atomic E-state index is -1.15. The van der Waals surface area contributed by atoms with Gasteiger partial charge in [0.25, 0.3) is 0 Å². The van der Waals surface area contributed by atoms with Crippen LogP contribution in [0.2, 0.25) is 0 Å². The van der Waals surface area contributed by atoms with E-state index in [-0.39, 0.29) is 26.4 Å². The predicted octanol–water partition coefficient (Wildman–Crippen LogP) is 5.22. The molecule has 0 aromatic heterocycles. The Morgan fingerprint density at radius 1 is 0.688 bits per heavy atom. The van der Waals surface area contributed by atoms with E-state index in [9.17, 15) is 14.7 Å². The van der Waals surface area contributed by atoms with Gasteiger partial charge in [-0.2, -0.15) is 0 Å². The van der Waals surface area contributed by atoms with Crippen LogP contribution in [0.25, 0.3) is 0 Å². The van der Waals surface area contributed by atoms with Crippen LogP contribution in [0.15, 0.2) is 24.3 Å². The van der Waals surface area contributed by atoms with Crippen LogP contribution in [0.1, 0.15) is 0 Å². The summed E-state index contributed by atoms with van der Waals surface area (Å²) in [7, 11) is 0. The summed E-state index contributed by atoms with van der Waals surface area (Å²) in [6.45, 7) is -1.21. The summed E-state index contributed by atoms with van der Waals surface area (Å²) in [5.74, 6) is -0.0515. The average molecular weight is 1120 g/mol. The number of ether oxygens (including phenoxy) is 4. The van der Waals surface area contributed by atoms with Gasteiger partial charge in [0.15, 0.2) is 13.2 Å². The topological polar surface area (TPSA) is 91.3 Å². The normalized spacial score (nSPS) is 10.8. The zero-order valence-corrected chi connectivity index (χ0v) is 28.8. The zero-order valence-electron chi connectivity index (χ0n) is 15.9. The van der Waals surface area contributed by atoms with Crippen molar-refractivity contribution in [3.05, 3.63) is 45.7 Å². The Labute approximate surface area is 266 Å². The maximum Gasteiger partial charge on any atom is 0.344 e. The van der Waals surface area contributed by atoms with Crippen LogP contribution in [0.4, 0.5) is 0 Å². The van der Waals surface area contributed by atoms with Crippen molar-refractivity contribution in [3.63, 3.8) is 0 Å². The minimum Gasteiger partial charge on any atom is -0.480 e. The van der Waals surface area contributed by atoms with Crippen LogP contribution in [0.5, 0.6) is 11.5 Å². The summed E-state index contributed by atoms with van der Waals surface area (Å²) >= 11 is 13.0. The Balaban J connectivity index is 1.69. The second-order valence-corrected chi connectivity index (χ2v) is 13.1. The van der Waals surface area contributed by atoms with E-state index >= 15 is 0 Å². The van der Waals surface area contributed by atoms with Crippen LogP contribution < -0.4 is 9.47 Å². The monoisotopic (exact) mass is 1120 g/mol. The summed E-state index contributed by atoms with van der Waals surface area (Å²) in [6, 6.07) is 7.75. The molecule has 7 nitrogen and oxygen atoms in total. The fourth-order valence-electron chi connectivity index (χ4n) is 2.11. The van der Waals surface area contributed by atoms with Gasteiger partial charge in [-0.15, -0.1) is 0 Å². The Morgan fingerprint density at radius 2 is 1.00 bits per heavy atom. The van der Waals surface area contributed by atoms with Crippen molar-refractivity contribution in [2.45, 2.75) is 6.10 Å². The van der Waals surface area contributed by atoms with E-state index in [4.69, 9.17) is 18.9 Å². The molecule has 2 aromatic carbocycles. The second kappa shape index (κ2) is 14.8. The standard InChI is InChI=1S/C19H14I6O7/c20-9-1-12(22)18(13(23)2-9)31-7-16(27)29-5-11(26)6-30-17(28)8-32-19-14(24)3-10(21)4-15(19)25/h1-4,11,26H,5-8H2. The molecule has 0 bridgehead atoms. The molecule has 0 spiro atoms. The Bertz CT molecular complexity index is 861. The molecular weight excluding hydrogens is 1100 g/mol. The van der Waals surface area contributed by atoms with E-state index in [1.54, 1.807) is 0 Å². The first-order chi connectivity index (χ1) is 15.1. The predicted molar refractivity (Wildman–Crippen MR) is 168 cm³/mol. The first-order valence-corrected chi connectivity index (χ1v) is 15.1. The van der Waals surface area contributed by atoms with Crippen molar-refractivity contribution in [1.29, 1.82) is 0 Å². The lowest BCUT2D eigenvalue weighted by Gasteiger charge is -2.14. The molecule has 13 heteroatoms. The number of esters is 2. The molecule has 0 unspecified atom stereocenters. The molecule has 0 amide bonds. The Morgan fingerprint density at radius 3 is 1.31 bits per heavy atom. The molecular formula is C19H14I6O7. The molecule has 174 valence electrons. The third-order valence-electron chi connectivity index (χ3n) is 3.47. The van der Waals surface area contributed by atoms with Crippen molar-refractivity contribution in [2.24, 2.45) is 0 Å². The smallest absolute Gasteiger partial charge is 0.344 e. The molecule has 0 saturated carbocycles. The molecule has 0 fully saturated rings. The quantitative estimate of drug-likeness (QED) is 0.258. The number of halogens is 6. The molecule has 0 aliphatic rings. The summed E-state index contributed by atoms with van der Waals surface area (Å²) < 4.78 is 26.7. The first-order valence-electron chi connectivity index (χ1n) is 8.60. The highest BCUT2D eigenvalue weighted by molar-refractivity contribution is 14.1. The van der Waals surface area contributed by atoms with Crippen LogP contribution in [0, 0.1) is 21.4 Å². The lowest BCUT2D eigenvalue weighted by molar-refractivity contribution is -0.154. The maximum atomic E-state index is 11.9. The van der Waals surface area contributed by atoms with Crippen LogP contribution in [0.3, 0.4) is 0 Å². The zero-order chi connectivity index (χ0) is 23.8. The van der Waals surface area contributed by atoms with E-state index in [0.717, 1.165) is 21.4 Å². The molecule has 2 aromatic rings. The SMILES string of the molecule is O=C(COc1c(I)cc(I)cc1I)OCC(O)COC(=O)COc1c(I)cc(I)cc1I. The van der Waals surface area contributed by atoms with Crippen LogP contribution >= 0.6 is 136 Å². The minimum absolute atomic E-state index is 0.291. The molecule has 0 aliphatic heterocycles. The number of hydrogen-bond donors (Lipinski definition) is 1. The Hall–Kier alpha value is 1.32. The highest BCUT2D eigenvalue weighted by Crippen LogP contribution is 2.30. The van der Waals surface area contributed by atoms with E-state index < -0.39 is 18.0 Å². The van der Waals surface area contributed by atoms with Crippen molar-refractivity contribution in [2.75, 3.05) is 26.4 Å². The molecule has 0 aliphatic carbocycles. The lowest BCUT2D eigenvalue weighted by Crippen LogP contribution is -2.28. The maximum absolute atomic E-state index is 11.9. The molecule has 1 N–H and O–H groups in total. The summed E-state index contributed by atoms with van der Waals surface area (Å²) in [4.78, 5) is 23.8. The van der Waals surface area contributed by atoms with Gasteiger partial charge >= 0.3 is 11.9 Å². The molecule has 0 saturated heterocycles. The largest absolute Gasteiger partial charge is 0.480 e. The molecule has 0 atom stereocenters. The van der Waals surface area contributed by atoms with Gasteiger partial charge in [-0.05, 0) is 160 Å². The fraction of sp³-hybridized carbons (Fsp3) is 0.263. The third kappa shape index (κ3) is 10.1. The molecule has 32 heavy (non-hydrogen) atoms. The van der Waals surface area contributed by atoms with Gasteiger partial charge in [0.05, 0.1) is 14.3 Å². The van der Waals surface area contributed by atoms with Gasteiger partial charge in [0.1, 0.15) is 30.8 Å². The van der Waals surface area contributed by atoms with Gasteiger partial charge in [-0.3, -0.25) is 0 Å². The van der Waals surface area contributed by atoms with Crippen LogP contribution in [-0.2, 0) is 19.1 Å². The number of aliphatic hydroxyl groups is 1. The van der Waals surface area contributed by atoms with Gasteiger partial charge < -0.3 is 24.1 Å². The highest BCUT2D eigenvalue weighted by Gasteiger charge is 2.16. The summed E-state index contributed by atoms with van der Waals surface area (Å²) in [6.07, 6.45) is -1.15. The van der Waals surface area contributed by atoms with Crippen molar-refractivity contribution in [3.8, 4) is 11.5 Å². The van der Waals surface area contributed by atoms with Gasteiger partial charge in [-0.1, -0.05) is 0 Å². The number of carbonyl (C=O) groups is 2. The van der Waals surface area contributed by atoms with Gasteiger partial charge in [0.2, 0.25) is 0 Å². The van der Waals surface area contributed by atoms with E-state index in [1.807, 2.05) is 24.3 Å². The van der Waals surface area contributed by atoms with Gasteiger partial charge in [-0.25, -0.2) is 9.59 Å². The van der Waals surface area contributed by atoms with Gasteiger partial charge in [0, 0.05) is 7.14 Å². The summed E-state index contributed by atoms with van der Waals surface area (Å²) in [5, 5.41) is 9.91. The number of rotatable bonds is 10. The Kier molecular flexibility index (Phi) is 13.6. The van der Waals surface area contributed by atoms with Crippen molar-refractivity contribution >= 4 is 147 Å². The number of benzene rings is 2. The molecule has 0 radical (unpaired) electrons.